The van der Waals surface area contributed by atoms with E-state index < -0.39 is 0 Å². The maximum Gasteiger partial charge on any atom is 0.156 e. The van der Waals surface area contributed by atoms with Crippen molar-refractivity contribution in [2.75, 3.05) is 12.3 Å². The smallest absolute Gasteiger partial charge is 0.156 e. The summed E-state index contributed by atoms with van der Waals surface area (Å²) >= 11 is 1.84. The highest BCUT2D eigenvalue weighted by molar-refractivity contribution is 8.13. The molecule has 0 amide bonds. The molecule has 1 aliphatic carbocycles. The van der Waals surface area contributed by atoms with Crippen LogP contribution in [-0.4, -0.2) is 17.5 Å². The van der Waals surface area contributed by atoms with Gasteiger partial charge in [-0.2, -0.15) is 0 Å². The molecule has 1 fully saturated rings. The standard InChI is InChI=1S/C16H21FN2S/c17-14-6-4-5-13(9-14)10-18-15-19-11-16(12-20-15)7-2-1-3-8-16/h4-6,9H,1-3,7-8,10-12H2,(H,18,19). The number of nitrogens with one attached hydrogen (secondary N) is 1. The minimum Gasteiger partial charge on any atom is -0.361 e. The number of hydrogen-bond donors (Lipinski definition) is 1. The number of rotatable bonds is 2. The Labute approximate surface area is 124 Å². The average molecular weight is 292 g/mol. The van der Waals surface area contributed by atoms with E-state index in [2.05, 4.69) is 5.32 Å². The molecule has 20 heavy (non-hydrogen) atoms. The SMILES string of the molecule is Fc1cccc(CNC2=NCC3(CCCCC3)CS2)c1. The lowest BCUT2D eigenvalue weighted by atomic mass is 9.75. The molecule has 2 aliphatic rings. The summed E-state index contributed by atoms with van der Waals surface area (Å²) in [5.74, 6) is 1.01. The summed E-state index contributed by atoms with van der Waals surface area (Å²) in [6.45, 7) is 1.61. The fraction of sp³-hybridized carbons (Fsp3) is 0.562. The van der Waals surface area contributed by atoms with E-state index in [4.69, 9.17) is 4.99 Å². The van der Waals surface area contributed by atoms with Crippen molar-refractivity contribution in [2.45, 2.75) is 38.6 Å². The first-order valence-corrected chi connectivity index (χ1v) is 8.40. The minimum absolute atomic E-state index is 0.177. The van der Waals surface area contributed by atoms with Crippen LogP contribution in [-0.2, 0) is 6.54 Å². The molecule has 1 spiro atoms. The highest BCUT2D eigenvalue weighted by atomic mass is 32.2. The highest BCUT2D eigenvalue weighted by Gasteiger charge is 2.34. The maximum absolute atomic E-state index is 13.1. The first-order valence-electron chi connectivity index (χ1n) is 7.41. The normalized spacial score (nSPS) is 21.6. The largest absolute Gasteiger partial charge is 0.361 e. The van der Waals surface area contributed by atoms with Crippen molar-refractivity contribution < 1.29 is 4.39 Å². The van der Waals surface area contributed by atoms with E-state index in [1.165, 1.54) is 43.9 Å². The van der Waals surface area contributed by atoms with Gasteiger partial charge in [0, 0.05) is 18.8 Å². The molecule has 1 heterocycles. The van der Waals surface area contributed by atoms with E-state index in [1.54, 1.807) is 12.1 Å². The molecule has 0 bridgehead atoms. The minimum atomic E-state index is -0.177. The fourth-order valence-corrected chi connectivity index (χ4v) is 4.24. The van der Waals surface area contributed by atoms with Crippen molar-refractivity contribution in [3.8, 4) is 0 Å². The average Bonchev–Trinajstić information content (AvgIpc) is 2.48. The molecule has 0 saturated heterocycles. The van der Waals surface area contributed by atoms with Crippen LogP contribution in [0.15, 0.2) is 29.3 Å². The molecule has 0 aromatic heterocycles. The van der Waals surface area contributed by atoms with Crippen LogP contribution >= 0.6 is 11.8 Å². The van der Waals surface area contributed by atoms with Crippen LogP contribution in [0.5, 0.6) is 0 Å². The topological polar surface area (TPSA) is 24.4 Å². The molecular weight excluding hydrogens is 271 g/mol. The molecule has 1 saturated carbocycles. The Morgan fingerprint density at radius 1 is 1.25 bits per heavy atom. The summed E-state index contributed by atoms with van der Waals surface area (Å²) in [5, 5.41) is 4.35. The Hall–Kier alpha value is -1.03. The molecule has 1 aromatic carbocycles. The number of halogens is 1. The quantitative estimate of drug-likeness (QED) is 0.892. The van der Waals surface area contributed by atoms with E-state index in [-0.39, 0.29) is 5.82 Å². The summed E-state index contributed by atoms with van der Waals surface area (Å²) in [6, 6.07) is 6.73. The van der Waals surface area contributed by atoms with Crippen LogP contribution in [0.3, 0.4) is 0 Å². The molecule has 2 nitrogen and oxygen atoms in total. The number of hydrogen-bond acceptors (Lipinski definition) is 3. The number of thioether (sulfide) groups is 1. The first-order chi connectivity index (χ1) is 9.76. The van der Waals surface area contributed by atoms with Crippen molar-refractivity contribution in [1.29, 1.82) is 0 Å². The van der Waals surface area contributed by atoms with E-state index in [9.17, 15) is 4.39 Å². The lowest BCUT2D eigenvalue weighted by Crippen LogP contribution is -2.36. The maximum atomic E-state index is 13.1. The van der Waals surface area contributed by atoms with Gasteiger partial charge in [0.2, 0.25) is 0 Å². The van der Waals surface area contributed by atoms with Crippen LogP contribution in [0.25, 0.3) is 0 Å². The lowest BCUT2D eigenvalue weighted by Gasteiger charge is -2.38. The third-order valence-electron chi connectivity index (χ3n) is 4.32. The van der Waals surface area contributed by atoms with Gasteiger partial charge in [0.25, 0.3) is 0 Å². The molecule has 1 aromatic rings. The molecule has 0 unspecified atom stereocenters. The third kappa shape index (κ3) is 3.35. The summed E-state index contributed by atoms with van der Waals surface area (Å²) in [7, 11) is 0. The zero-order valence-corrected chi connectivity index (χ0v) is 12.5. The van der Waals surface area contributed by atoms with Crippen LogP contribution in [0.1, 0.15) is 37.7 Å². The molecular formula is C16H21FN2S. The monoisotopic (exact) mass is 292 g/mol. The Morgan fingerprint density at radius 3 is 2.80 bits per heavy atom. The highest BCUT2D eigenvalue weighted by Crippen LogP contribution is 2.41. The van der Waals surface area contributed by atoms with Crippen LogP contribution in [0, 0.1) is 11.2 Å². The van der Waals surface area contributed by atoms with E-state index in [0.717, 1.165) is 17.3 Å². The second kappa shape index (κ2) is 6.17. The van der Waals surface area contributed by atoms with Crippen molar-refractivity contribution in [1.82, 2.24) is 5.32 Å². The summed E-state index contributed by atoms with van der Waals surface area (Å²) in [5.41, 5.74) is 1.43. The Bertz CT molecular complexity index is 495. The van der Waals surface area contributed by atoms with Crippen molar-refractivity contribution >= 4 is 16.9 Å². The van der Waals surface area contributed by atoms with Gasteiger partial charge in [0.1, 0.15) is 5.82 Å². The zero-order valence-electron chi connectivity index (χ0n) is 11.7. The number of nitrogens with zero attached hydrogens (tertiary/aromatic N) is 1. The van der Waals surface area contributed by atoms with Gasteiger partial charge in [-0.25, -0.2) is 4.39 Å². The van der Waals surface area contributed by atoms with Crippen molar-refractivity contribution in [3.63, 3.8) is 0 Å². The molecule has 0 atom stereocenters. The van der Waals surface area contributed by atoms with Gasteiger partial charge in [-0.3, -0.25) is 4.99 Å². The Kier molecular flexibility index (Phi) is 4.29. The van der Waals surface area contributed by atoms with Gasteiger partial charge in [-0.1, -0.05) is 43.2 Å². The van der Waals surface area contributed by atoms with Gasteiger partial charge in [-0.05, 0) is 36.0 Å². The second-order valence-electron chi connectivity index (χ2n) is 5.95. The van der Waals surface area contributed by atoms with Crippen molar-refractivity contribution in [3.05, 3.63) is 35.6 Å². The number of amidine groups is 1. The van der Waals surface area contributed by atoms with E-state index in [0.29, 0.717) is 12.0 Å². The first kappa shape index (κ1) is 13.9. The van der Waals surface area contributed by atoms with Gasteiger partial charge in [0.05, 0.1) is 0 Å². The summed E-state index contributed by atoms with van der Waals surface area (Å²) in [4.78, 5) is 4.72. The predicted molar refractivity (Wildman–Crippen MR) is 83.5 cm³/mol. The Balaban J connectivity index is 1.54. The van der Waals surface area contributed by atoms with Gasteiger partial charge in [0.15, 0.2) is 5.17 Å². The molecule has 0 radical (unpaired) electrons. The predicted octanol–water partition coefficient (Wildman–Crippen LogP) is 3.97. The lowest BCUT2D eigenvalue weighted by molar-refractivity contribution is 0.232. The summed E-state index contributed by atoms with van der Waals surface area (Å²) < 4.78 is 13.1. The van der Waals surface area contributed by atoms with Gasteiger partial charge >= 0.3 is 0 Å². The van der Waals surface area contributed by atoms with Crippen LogP contribution < -0.4 is 5.32 Å². The second-order valence-corrected chi connectivity index (χ2v) is 6.92. The number of aliphatic imine (C=N–C) groups is 1. The molecule has 3 rings (SSSR count). The van der Waals surface area contributed by atoms with Crippen molar-refractivity contribution in [2.24, 2.45) is 10.4 Å². The van der Waals surface area contributed by atoms with Crippen LogP contribution in [0.2, 0.25) is 0 Å². The molecule has 1 N–H and O–H groups in total. The fourth-order valence-electron chi connectivity index (χ4n) is 3.09. The van der Waals surface area contributed by atoms with E-state index >= 15 is 0 Å². The third-order valence-corrected chi connectivity index (χ3v) is 5.62. The molecule has 4 heteroatoms. The van der Waals surface area contributed by atoms with Gasteiger partial charge in [-0.15, -0.1) is 0 Å². The Morgan fingerprint density at radius 2 is 2.10 bits per heavy atom. The molecule has 1 aliphatic heterocycles. The zero-order chi connectivity index (χ0) is 13.8. The van der Waals surface area contributed by atoms with Gasteiger partial charge < -0.3 is 5.32 Å². The van der Waals surface area contributed by atoms with Crippen LogP contribution in [0.4, 0.5) is 4.39 Å². The summed E-state index contributed by atoms with van der Waals surface area (Å²) in [6.07, 6.45) is 6.78. The number of benzene rings is 1. The molecule has 108 valence electrons. The van der Waals surface area contributed by atoms with E-state index in [1.807, 2.05) is 17.8 Å².